The second-order valence-corrected chi connectivity index (χ2v) is 6.67. The topological polar surface area (TPSA) is 43.6 Å². The fourth-order valence-corrected chi connectivity index (χ4v) is 2.70. The van der Waals surface area contributed by atoms with Gasteiger partial charge < -0.3 is 0 Å². The minimum atomic E-state index is -0.115. The van der Waals surface area contributed by atoms with Crippen molar-refractivity contribution in [2.75, 3.05) is 0 Å². The van der Waals surface area contributed by atoms with E-state index in [0.717, 1.165) is 21.4 Å². The number of aromatic nitrogens is 4. The molecule has 0 radical (unpaired) electrons. The number of aryl methyl sites for hydroxylation is 1. The SMILES string of the molecule is Cc1c(-c2nc(Cl)c(Br)c(C(C)(C)C)n2)cnn1C. The zero-order chi connectivity index (χ0) is 14.4. The first kappa shape index (κ1) is 14.5. The molecule has 2 rings (SSSR count). The highest BCUT2D eigenvalue weighted by atomic mass is 79.9. The van der Waals surface area contributed by atoms with Crippen LogP contribution in [0.3, 0.4) is 0 Å². The van der Waals surface area contributed by atoms with E-state index in [1.807, 2.05) is 14.0 Å². The summed E-state index contributed by atoms with van der Waals surface area (Å²) in [7, 11) is 1.89. The minimum absolute atomic E-state index is 0.115. The monoisotopic (exact) mass is 342 g/mol. The van der Waals surface area contributed by atoms with Crippen molar-refractivity contribution in [3.63, 3.8) is 0 Å². The summed E-state index contributed by atoms with van der Waals surface area (Å²) in [6.45, 7) is 8.27. The summed E-state index contributed by atoms with van der Waals surface area (Å²) in [5.41, 5.74) is 2.70. The third-order valence-corrected chi connectivity index (χ3v) is 4.25. The summed E-state index contributed by atoms with van der Waals surface area (Å²) in [4.78, 5) is 9.00. The predicted octanol–water partition coefficient (Wildman–Crippen LogP) is 3.90. The first-order valence-corrected chi connectivity index (χ1v) is 7.11. The highest BCUT2D eigenvalue weighted by Crippen LogP contribution is 2.34. The number of rotatable bonds is 1. The van der Waals surface area contributed by atoms with E-state index in [2.05, 4.69) is 51.8 Å². The van der Waals surface area contributed by atoms with Crippen LogP contribution in [0.5, 0.6) is 0 Å². The molecule has 0 N–H and O–H groups in total. The van der Waals surface area contributed by atoms with Crippen LogP contribution in [0.25, 0.3) is 11.4 Å². The molecule has 0 unspecified atom stereocenters. The van der Waals surface area contributed by atoms with Gasteiger partial charge in [-0.2, -0.15) is 5.10 Å². The largest absolute Gasteiger partial charge is 0.272 e. The summed E-state index contributed by atoms with van der Waals surface area (Å²) >= 11 is 9.68. The smallest absolute Gasteiger partial charge is 0.164 e. The van der Waals surface area contributed by atoms with Crippen molar-refractivity contribution < 1.29 is 0 Å². The second-order valence-electron chi connectivity index (χ2n) is 5.52. The number of halogens is 2. The van der Waals surface area contributed by atoms with Gasteiger partial charge in [-0.15, -0.1) is 0 Å². The van der Waals surface area contributed by atoms with E-state index in [4.69, 9.17) is 11.6 Å². The third kappa shape index (κ3) is 2.67. The molecular weight excluding hydrogens is 328 g/mol. The van der Waals surface area contributed by atoms with Gasteiger partial charge in [-0.25, -0.2) is 9.97 Å². The molecule has 0 amide bonds. The zero-order valence-electron chi connectivity index (χ0n) is 11.6. The molecule has 102 valence electrons. The Bertz CT molecular complexity index is 628. The molecule has 0 saturated heterocycles. The van der Waals surface area contributed by atoms with E-state index in [9.17, 15) is 0 Å². The first-order valence-electron chi connectivity index (χ1n) is 5.94. The van der Waals surface area contributed by atoms with Gasteiger partial charge in [-0.1, -0.05) is 32.4 Å². The normalized spacial score (nSPS) is 11.9. The Morgan fingerprint density at radius 2 is 1.89 bits per heavy atom. The van der Waals surface area contributed by atoms with Crippen LogP contribution in [0.1, 0.15) is 32.2 Å². The summed E-state index contributed by atoms with van der Waals surface area (Å²) < 4.78 is 2.55. The maximum absolute atomic E-state index is 6.21. The molecule has 0 fully saturated rings. The van der Waals surface area contributed by atoms with Crippen LogP contribution in [0.4, 0.5) is 0 Å². The Labute approximate surface area is 126 Å². The second kappa shape index (κ2) is 4.87. The van der Waals surface area contributed by atoms with Crippen molar-refractivity contribution in [3.8, 4) is 11.4 Å². The van der Waals surface area contributed by atoms with E-state index in [1.165, 1.54) is 0 Å². The summed E-state index contributed by atoms with van der Waals surface area (Å²) in [5, 5.41) is 4.65. The lowest BCUT2D eigenvalue weighted by molar-refractivity contribution is 0.564. The molecule has 0 aromatic carbocycles. The number of hydrogen-bond acceptors (Lipinski definition) is 3. The lowest BCUT2D eigenvalue weighted by Crippen LogP contribution is -2.16. The van der Waals surface area contributed by atoms with Gasteiger partial charge in [-0.3, -0.25) is 4.68 Å². The average Bonchev–Trinajstić information content (AvgIpc) is 2.62. The Morgan fingerprint density at radius 3 is 2.37 bits per heavy atom. The summed E-state index contributed by atoms with van der Waals surface area (Å²) in [6, 6.07) is 0. The molecule has 0 aliphatic rings. The van der Waals surface area contributed by atoms with E-state index < -0.39 is 0 Å². The minimum Gasteiger partial charge on any atom is -0.272 e. The number of hydrogen-bond donors (Lipinski definition) is 0. The molecule has 0 spiro atoms. The van der Waals surface area contributed by atoms with Gasteiger partial charge >= 0.3 is 0 Å². The van der Waals surface area contributed by atoms with Crippen LogP contribution >= 0.6 is 27.5 Å². The van der Waals surface area contributed by atoms with Crippen LogP contribution in [-0.4, -0.2) is 19.7 Å². The third-order valence-electron chi connectivity index (χ3n) is 3.00. The Hall–Kier alpha value is -0.940. The maximum Gasteiger partial charge on any atom is 0.164 e. The lowest BCUT2D eigenvalue weighted by atomic mass is 9.92. The quantitative estimate of drug-likeness (QED) is 0.738. The fraction of sp³-hybridized carbons (Fsp3) is 0.462. The van der Waals surface area contributed by atoms with E-state index in [1.54, 1.807) is 10.9 Å². The van der Waals surface area contributed by atoms with Crippen LogP contribution in [0, 0.1) is 6.92 Å². The molecule has 19 heavy (non-hydrogen) atoms. The van der Waals surface area contributed by atoms with Crippen LogP contribution in [0.2, 0.25) is 5.15 Å². The van der Waals surface area contributed by atoms with Crippen molar-refractivity contribution in [3.05, 3.63) is 27.2 Å². The molecule has 2 aromatic heterocycles. The van der Waals surface area contributed by atoms with Gasteiger partial charge in [0.25, 0.3) is 0 Å². The van der Waals surface area contributed by atoms with E-state index in [0.29, 0.717) is 11.0 Å². The maximum atomic E-state index is 6.21. The van der Waals surface area contributed by atoms with Gasteiger partial charge in [0.15, 0.2) is 5.82 Å². The van der Waals surface area contributed by atoms with Gasteiger partial charge in [0.05, 0.1) is 21.9 Å². The first-order chi connectivity index (χ1) is 8.71. The molecule has 0 aliphatic heterocycles. The molecule has 0 atom stereocenters. The molecule has 6 heteroatoms. The van der Waals surface area contributed by atoms with E-state index >= 15 is 0 Å². The molecule has 2 aromatic rings. The van der Waals surface area contributed by atoms with Crippen molar-refractivity contribution in [1.29, 1.82) is 0 Å². The summed E-state index contributed by atoms with van der Waals surface area (Å²) in [6.07, 6.45) is 1.77. The summed E-state index contributed by atoms with van der Waals surface area (Å²) in [5.74, 6) is 0.615. The average molecular weight is 344 g/mol. The van der Waals surface area contributed by atoms with Crippen molar-refractivity contribution in [1.82, 2.24) is 19.7 Å². The predicted molar refractivity (Wildman–Crippen MR) is 80.4 cm³/mol. The molecular formula is C13H16BrClN4. The highest BCUT2D eigenvalue weighted by Gasteiger charge is 2.23. The van der Waals surface area contributed by atoms with Crippen molar-refractivity contribution in [2.24, 2.45) is 7.05 Å². The number of nitrogens with zero attached hydrogens (tertiary/aromatic N) is 4. The standard InChI is InChI=1S/C13H16BrClN4/c1-7-8(6-16-19(7)5)12-17-10(13(2,3)4)9(14)11(15)18-12/h6H,1-5H3. The zero-order valence-corrected chi connectivity index (χ0v) is 14.0. The van der Waals surface area contributed by atoms with Crippen molar-refractivity contribution in [2.45, 2.75) is 33.1 Å². The molecule has 0 aliphatic carbocycles. The van der Waals surface area contributed by atoms with Gasteiger partial charge in [0, 0.05) is 18.2 Å². The molecule has 2 heterocycles. The van der Waals surface area contributed by atoms with Gasteiger partial charge in [0.1, 0.15) is 5.15 Å². The molecule has 4 nitrogen and oxygen atoms in total. The Morgan fingerprint density at radius 1 is 1.26 bits per heavy atom. The molecule has 0 bridgehead atoms. The Kier molecular flexibility index (Phi) is 3.71. The van der Waals surface area contributed by atoms with Crippen LogP contribution in [0.15, 0.2) is 10.7 Å². The van der Waals surface area contributed by atoms with E-state index in [-0.39, 0.29) is 5.41 Å². The van der Waals surface area contributed by atoms with Crippen LogP contribution in [-0.2, 0) is 12.5 Å². The Balaban J connectivity index is 2.67. The molecule has 0 saturated carbocycles. The highest BCUT2D eigenvalue weighted by molar-refractivity contribution is 9.10. The van der Waals surface area contributed by atoms with Gasteiger partial charge in [0.2, 0.25) is 0 Å². The van der Waals surface area contributed by atoms with Crippen molar-refractivity contribution >= 4 is 27.5 Å². The van der Waals surface area contributed by atoms with Crippen LogP contribution < -0.4 is 0 Å². The lowest BCUT2D eigenvalue weighted by Gasteiger charge is -2.20. The fourth-order valence-electron chi connectivity index (χ4n) is 1.76. The van der Waals surface area contributed by atoms with Gasteiger partial charge in [-0.05, 0) is 22.9 Å².